The molecule has 118 valence electrons. The molecule has 1 aliphatic rings. The Morgan fingerprint density at radius 2 is 1.85 bits per heavy atom. The fourth-order valence-corrected chi connectivity index (χ4v) is 3.15. The number of rotatable bonds is 8. The van der Waals surface area contributed by atoms with Gasteiger partial charge >= 0.3 is 0 Å². The lowest BCUT2D eigenvalue weighted by atomic mass is 9.78. The number of methoxy groups -OCH3 is 1. The third kappa shape index (κ3) is 4.19. The summed E-state index contributed by atoms with van der Waals surface area (Å²) in [7, 11) is 1.70. The van der Waals surface area contributed by atoms with Crippen molar-refractivity contribution < 1.29 is 9.53 Å². The molecule has 1 amide bonds. The van der Waals surface area contributed by atoms with Crippen molar-refractivity contribution in [1.29, 1.82) is 0 Å². The molecule has 4 heteroatoms. The van der Waals surface area contributed by atoms with Gasteiger partial charge in [0.15, 0.2) is 0 Å². The fourth-order valence-electron chi connectivity index (χ4n) is 3.15. The summed E-state index contributed by atoms with van der Waals surface area (Å²) in [6, 6.07) is 0. The van der Waals surface area contributed by atoms with E-state index in [9.17, 15) is 4.79 Å². The highest BCUT2D eigenvalue weighted by atomic mass is 16.5. The Labute approximate surface area is 124 Å². The maximum Gasteiger partial charge on any atom is 0.231 e. The summed E-state index contributed by atoms with van der Waals surface area (Å²) < 4.78 is 5.38. The number of piperidine rings is 1. The van der Waals surface area contributed by atoms with Gasteiger partial charge in [0.2, 0.25) is 5.91 Å². The predicted octanol–water partition coefficient (Wildman–Crippen LogP) is 2.29. The zero-order chi connectivity index (χ0) is 15.0. The second kappa shape index (κ2) is 8.63. The van der Waals surface area contributed by atoms with E-state index in [1.807, 2.05) is 0 Å². The lowest BCUT2D eigenvalue weighted by molar-refractivity contribution is -0.148. The highest BCUT2D eigenvalue weighted by molar-refractivity contribution is 5.83. The molecule has 1 saturated heterocycles. The van der Waals surface area contributed by atoms with Crippen molar-refractivity contribution in [3.05, 3.63) is 0 Å². The van der Waals surface area contributed by atoms with Crippen LogP contribution >= 0.6 is 0 Å². The molecule has 20 heavy (non-hydrogen) atoms. The Balaban J connectivity index is 2.79. The first-order valence-corrected chi connectivity index (χ1v) is 8.12. The third-order valence-electron chi connectivity index (χ3n) is 4.74. The molecular formula is C16H32N2O2. The maximum atomic E-state index is 13.0. The van der Waals surface area contributed by atoms with E-state index < -0.39 is 0 Å². The topological polar surface area (TPSA) is 41.6 Å². The molecule has 1 heterocycles. The molecule has 0 atom stereocenters. The summed E-state index contributed by atoms with van der Waals surface area (Å²) in [4.78, 5) is 15.1. The van der Waals surface area contributed by atoms with Crippen LogP contribution in [0.4, 0.5) is 0 Å². The van der Waals surface area contributed by atoms with Crippen LogP contribution in [0.25, 0.3) is 0 Å². The highest BCUT2D eigenvalue weighted by Crippen LogP contribution is 2.32. The van der Waals surface area contributed by atoms with Crippen molar-refractivity contribution in [2.45, 2.75) is 46.5 Å². The van der Waals surface area contributed by atoms with Crippen LogP contribution in [0.1, 0.15) is 46.5 Å². The van der Waals surface area contributed by atoms with Gasteiger partial charge in [-0.1, -0.05) is 26.7 Å². The van der Waals surface area contributed by atoms with E-state index >= 15 is 0 Å². The molecule has 0 bridgehead atoms. The average molecular weight is 284 g/mol. The van der Waals surface area contributed by atoms with Crippen LogP contribution in [0, 0.1) is 11.3 Å². The van der Waals surface area contributed by atoms with Crippen molar-refractivity contribution in [2.24, 2.45) is 11.3 Å². The molecule has 0 aromatic rings. The van der Waals surface area contributed by atoms with Crippen LogP contribution in [0.5, 0.6) is 0 Å². The molecule has 1 aliphatic heterocycles. The second-order valence-electron chi connectivity index (χ2n) is 5.99. The van der Waals surface area contributed by atoms with Crippen molar-refractivity contribution in [1.82, 2.24) is 10.2 Å². The molecule has 1 fully saturated rings. The summed E-state index contributed by atoms with van der Waals surface area (Å²) in [6.07, 6.45) is 4.05. The molecule has 0 aromatic heterocycles. The predicted molar refractivity (Wildman–Crippen MR) is 82.7 cm³/mol. The Hall–Kier alpha value is -0.610. The van der Waals surface area contributed by atoms with Gasteiger partial charge in [0.25, 0.3) is 0 Å². The number of amides is 1. The summed E-state index contributed by atoms with van der Waals surface area (Å²) in [5.74, 6) is 0.912. The molecule has 0 spiro atoms. The normalized spacial score (nSPS) is 18.2. The minimum absolute atomic E-state index is 0.301. The van der Waals surface area contributed by atoms with E-state index in [1.165, 1.54) is 0 Å². The average Bonchev–Trinajstić information content (AvgIpc) is 2.49. The third-order valence-corrected chi connectivity index (χ3v) is 4.74. The zero-order valence-electron chi connectivity index (χ0n) is 13.7. The summed E-state index contributed by atoms with van der Waals surface area (Å²) in [5, 5.41) is 3.35. The quantitative estimate of drug-likeness (QED) is 0.743. The Morgan fingerprint density at radius 3 is 2.30 bits per heavy atom. The molecule has 0 unspecified atom stereocenters. The number of carbonyl (C=O) groups excluding carboxylic acids is 1. The van der Waals surface area contributed by atoms with Gasteiger partial charge in [-0.3, -0.25) is 4.79 Å². The van der Waals surface area contributed by atoms with Crippen LogP contribution < -0.4 is 5.32 Å². The standard InChI is InChI=1S/C16H32N2O2/c1-5-14(6-2)12-18(7-3)15(19)16(13-20-4)8-10-17-11-9-16/h14,17H,5-13H2,1-4H3. The van der Waals surface area contributed by atoms with Crippen LogP contribution in [-0.4, -0.2) is 50.7 Å². The van der Waals surface area contributed by atoms with E-state index in [0.717, 1.165) is 51.9 Å². The maximum absolute atomic E-state index is 13.0. The van der Waals surface area contributed by atoms with Gasteiger partial charge < -0.3 is 15.0 Å². The van der Waals surface area contributed by atoms with Gasteiger partial charge in [-0.25, -0.2) is 0 Å². The first-order valence-electron chi connectivity index (χ1n) is 8.12. The first-order chi connectivity index (χ1) is 9.63. The lowest BCUT2D eigenvalue weighted by Crippen LogP contribution is -2.52. The number of hydrogen-bond acceptors (Lipinski definition) is 3. The van der Waals surface area contributed by atoms with Gasteiger partial charge in [-0.2, -0.15) is 0 Å². The van der Waals surface area contributed by atoms with Crippen LogP contribution in [0.15, 0.2) is 0 Å². The van der Waals surface area contributed by atoms with E-state index in [0.29, 0.717) is 18.4 Å². The number of carbonyl (C=O) groups is 1. The van der Waals surface area contributed by atoms with Crippen molar-refractivity contribution in [3.8, 4) is 0 Å². The molecule has 4 nitrogen and oxygen atoms in total. The monoisotopic (exact) mass is 284 g/mol. The van der Waals surface area contributed by atoms with Gasteiger partial charge in [-0.15, -0.1) is 0 Å². The summed E-state index contributed by atoms with van der Waals surface area (Å²) >= 11 is 0. The SMILES string of the molecule is CCC(CC)CN(CC)C(=O)C1(COC)CCNCC1. The molecule has 0 radical (unpaired) electrons. The van der Waals surface area contributed by atoms with Crippen LogP contribution in [0.3, 0.4) is 0 Å². The lowest BCUT2D eigenvalue weighted by Gasteiger charge is -2.40. The van der Waals surface area contributed by atoms with Crippen molar-refractivity contribution >= 4 is 5.91 Å². The van der Waals surface area contributed by atoms with Crippen molar-refractivity contribution in [3.63, 3.8) is 0 Å². The van der Waals surface area contributed by atoms with E-state index in [-0.39, 0.29) is 5.41 Å². The minimum Gasteiger partial charge on any atom is -0.384 e. The zero-order valence-corrected chi connectivity index (χ0v) is 13.7. The van der Waals surface area contributed by atoms with E-state index in [1.54, 1.807) is 7.11 Å². The van der Waals surface area contributed by atoms with E-state index in [2.05, 4.69) is 31.0 Å². The fraction of sp³-hybridized carbons (Fsp3) is 0.938. The number of hydrogen-bond donors (Lipinski definition) is 1. The van der Waals surface area contributed by atoms with Gasteiger partial charge in [0.1, 0.15) is 0 Å². The largest absolute Gasteiger partial charge is 0.384 e. The summed E-state index contributed by atoms with van der Waals surface area (Å²) in [5.41, 5.74) is -0.304. The van der Waals surface area contributed by atoms with Gasteiger partial charge in [0.05, 0.1) is 12.0 Å². The number of nitrogens with one attached hydrogen (secondary N) is 1. The molecule has 0 saturated carbocycles. The molecular weight excluding hydrogens is 252 g/mol. The minimum atomic E-state index is -0.304. The van der Waals surface area contributed by atoms with Crippen molar-refractivity contribution in [2.75, 3.05) is 39.9 Å². The Bertz CT molecular complexity index is 279. The second-order valence-corrected chi connectivity index (χ2v) is 5.99. The highest BCUT2D eigenvalue weighted by Gasteiger charge is 2.42. The smallest absolute Gasteiger partial charge is 0.231 e. The first kappa shape index (κ1) is 17.4. The van der Waals surface area contributed by atoms with E-state index in [4.69, 9.17) is 4.74 Å². The molecule has 0 aliphatic carbocycles. The number of ether oxygens (including phenoxy) is 1. The van der Waals surface area contributed by atoms with Gasteiger partial charge in [-0.05, 0) is 38.8 Å². The molecule has 0 aromatic carbocycles. The number of nitrogens with zero attached hydrogens (tertiary/aromatic N) is 1. The van der Waals surface area contributed by atoms with Gasteiger partial charge in [0, 0.05) is 20.2 Å². The van der Waals surface area contributed by atoms with Crippen LogP contribution in [0.2, 0.25) is 0 Å². The Kier molecular flexibility index (Phi) is 7.52. The summed E-state index contributed by atoms with van der Waals surface area (Å²) in [6.45, 7) is 10.6. The molecule has 1 N–H and O–H groups in total. The van der Waals surface area contributed by atoms with Crippen LogP contribution in [-0.2, 0) is 9.53 Å². The Morgan fingerprint density at radius 1 is 1.25 bits per heavy atom. The molecule has 1 rings (SSSR count).